The molecule has 0 aliphatic carbocycles. The molecule has 17 nitrogen and oxygen atoms in total. The summed E-state index contributed by atoms with van der Waals surface area (Å²) in [6.07, 6.45) is 3.96. The van der Waals surface area contributed by atoms with Crippen molar-refractivity contribution in [1.82, 2.24) is 29.8 Å². The smallest absolute Gasteiger partial charge is 0.410 e. The third-order valence-corrected chi connectivity index (χ3v) is 11.4. The largest absolute Gasteiger partial charge is 0.477 e. The zero-order chi connectivity index (χ0) is 46.6. The number of carbonyl (C=O) groups excluding carboxylic acids is 3. The minimum absolute atomic E-state index is 0.0156. The Balaban J connectivity index is 0.945. The van der Waals surface area contributed by atoms with Crippen molar-refractivity contribution in [2.45, 2.75) is 64.4 Å². The molecular weight excluding hydrogens is 850 g/mol. The molecule has 0 saturated carbocycles. The Kier molecular flexibility index (Phi) is 15.4. The molecule has 1 aliphatic heterocycles. The highest BCUT2D eigenvalue weighted by atomic mass is 19.1. The minimum atomic E-state index is -1.38. The first kappa shape index (κ1) is 46.4. The van der Waals surface area contributed by atoms with Crippen LogP contribution in [0, 0.1) is 5.82 Å². The van der Waals surface area contributed by atoms with Gasteiger partial charge >= 0.3 is 18.2 Å². The predicted octanol–water partition coefficient (Wildman–Crippen LogP) is 6.43. The van der Waals surface area contributed by atoms with Crippen molar-refractivity contribution in [1.29, 1.82) is 0 Å². The van der Waals surface area contributed by atoms with Crippen molar-refractivity contribution in [2.24, 2.45) is 5.73 Å². The van der Waals surface area contributed by atoms with Crippen molar-refractivity contribution in [2.75, 3.05) is 42.9 Å². The number of piperazine rings is 1. The van der Waals surface area contributed by atoms with E-state index < -0.39 is 47.0 Å². The fourth-order valence-electron chi connectivity index (χ4n) is 7.79. The Morgan fingerprint density at radius 1 is 0.848 bits per heavy atom. The van der Waals surface area contributed by atoms with E-state index in [2.05, 4.69) is 20.9 Å². The van der Waals surface area contributed by atoms with Crippen molar-refractivity contribution in [3.05, 3.63) is 153 Å². The van der Waals surface area contributed by atoms with Crippen LogP contribution in [0.25, 0.3) is 10.9 Å². The lowest BCUT2D eigenvalue weighted by atomic mass is 10.0. The van der Waals surface area contributed by atoms with Gasteiger partial charge in [-0.05, 0) is 80.1 Å². The van der Waals surface area contributed by atoms with Gasteiger partial charge in [-0.2, -0.15) is 0 Å². The normalized spacial score (nSPS) is 13.5. The number of hydrogen-bond acceptors (Lipinski definition) is 11. The number of benzene rings is 4. The van der Waals surface area contributed by atoms with Gasteiger partial charge in [0, 0.05) is 50.0 Å². The molecule has 5 N–H and O–H groups in total. The first-order chi connectivity index (χ1) is 32.0. The second-order valence-corrected chi connectivity index (χ2v) is 15.9. The van der Waals surface area contributed by atoms with Crippen LogP contribution in [0.15, 0.2) is 114 Å². The summed E-state index contributed by atoms with van der Waals surface area (Å²) in [7, 11) is 0. The number of rotatable bonds is 18. The van der Waals surface area contributed by atoms with Crippen LogP contribution < -0.4 is 26.7 Å². The number of aromatic nitrogens is 4. The molecule has 6 aromatic rings. The highest BCUT2D eigenvalue weighted by Gasteiger charge is 2.28. The number of nitrogens with two attached hydrogens (primary N) is 1. The van der Waals surface area contributed by atoms with Crippen LogP contribution in [0.3, 0.4) is 0 Å². The number of hydrogen-bond donors (Lipinski definition) is 4. The summed E-state index contributed by atoms with van der Waals surface area (Å²) in [6, 6.07) is 27.2. The van der Waals surface area contributed by atoms with Crippen LogP contribution in [0.4, 0.5) is 25.4 Å². The van der Waals surface area contributed by atoms with E-state index in [0.717, 1.165) is 17.2 Å². The first-order valence-corrected chi connectivity index (χ1v) is 21.8. The van der Waals surface area contributed by atoms with Gasteiger partial charge in [0.25, 0.3) is 0 Å². The Labute approximate surface area is 379 Å². The fourth-order valence-corrected chi connectivity index (χ4v) is 7.79. The van der Waals surface area contributed by atoms with Gasteiger partial charge in [-0.25, -0.2) is 23.5 Å². The van der Waals surface area contributed by atoms with E-state index in [4.69, 9.17) is 15.2 Å². The third-order valence-electron chi connectivity index (χ3n) is 11.4. The number of aromatic carboxylic acids is 1. The Morgan fingerprint density at radius 2 is 1.52 bits per heavy atom. The number of unbranched alkanes of at least 4 members (excludes halogenated alkanes) is 1. The number of carboxylic acids is 1. The maximum Gasteiger partial charge on any atom is 0.410 e. The van der Waals surface area contributed by atoms with Crippen molar-refractivity contribution in [3.8, 4) is 0 Å². The number of fused-ring (bicyclic) bond motifs is 1. The number of nitrogens with one attached hydrogen (secondary N) is 2. The standard InChI is InChI=1S/C48H52FN9O8/c1-2-55-28-37(46(61)62)44(59)36-26-38(49)43(27-42(36)55)56-21-23-57(24-22-56)48(64)66-31-34-16-18-35(19-17-34)51-45(60)41(15-9-10-20-50)58-29-40(53-54-58)39(25-32-11-5-3-6-12-32)52-47(63)65-30-33-13-7-4-8-14-33/h3-8,11-14,16-19,26-29,39,41H,2,9-10,15,20-25,30-31,50H2,1H3,(H,51,60)(H,52,63)(H,61,62)/t39-,41-/m0/s1. The monoisotopic (exact) mass is 901 g/mol. The van der Waals surface area contributed by atoms with Gasteiger partial charge in [-0.3, -0.25) is 9.59 Å². The molecule has 344 valence electrons. The molecule has 1 saturated heterocycles. The van der Waals surface area contributed by atoms with Crippen LogP contribution in [0.2, 0.25) is 0 Å². The SMILES string of the molecule is CCn1cc(C(=O)O)c(=O)c2cc(F)c(N3CCN(C(=O)OCc4ccc(NC(=O)[C@H](CCCCN)n5cc([C@H](Cc6ccccc6)NC(=O)OCc6ccccc6)nn5)cc4)CC3)cc21. The lowest BCUT2D eigenvalue weighted by molar-refractivity contribution is -0.119. The lowest BCUT2D eigenvalue weighted by Crippen LogP contribution is -2.49. The molecule has 3 heterocycles. The van der Waals surface area contributed by atoms with E-state index in [0.29, 0.717) is 74.3 Å². The predicted molar refractivity (Wildman–Crippen MR) is 244 cm³/mol. The Hall–Kier alpha value is -7.60. The summed E-state index contributed by atoms with van der Waals surface area (Å²) in [5, 5.41) is 24.1. The topological polar surface area (TPSA) is 216 Å². The van der Waals surface area contributed by atoms with E-state index in [9.17, 15) is 29.1 Å². The molecule has 2 atom stereocenters. The quantitative estimate of drug-likeness (QED) is 0.0687. The molecule has 1 fully saturated rings. The Morgan fingerprint density at radius 3 is 2.18 bits per heavy atom. The summed E-state index contributed by atoms with van der Waals surface area (Å²) in [6.45, 7) is 3.81. The van der Waals surface area contributed by atoms with Gasteiger partial charge in [0.05, 0.1) is 23.4 Å². The number of aryl methyl sites for hydroxylation is 1. The Bertz CT molecular complexity index is 2690. The average Bonchev–Trinajstić information content (AvgIpc) is 3.82. The number of amides is 3. The molecule has 1 aliphatic rings. The molecule has 0 radical (unpaired) electrons. The van der Waals surface area contributed by atoms with Crippen molar-refractivity contribution < 1.29 is 38.1 Å². The van der Waals surface area contributed by atoms with Crippen LogP contribution in [-0.4, -0.2) is 86.4 Å². The number of pyridine rings is 1. The number of nitrogens with zero attached hydrogens (tertiary/aromatic N) is 6. The first-order valence-electron chi connectivity index (χ1n) is 21.8. The number of ether oxygens (including phenoxy) is 2. The van der Waals surface area contributed by atoms with E-state index >= 15 is 4.39 Å². The highest BCUT2D eigenvalue weighted by molar-refractivity contribution is 5.94. The maximum absolute atomic E-state index is 15.4. The van der Waals surface area contributed by atoms with E-state index in [1.165, 1.54) is 15.8 Å². The van der Waals surface area contributed by atoms with Gasteiger partial charge in [-0.1, -0.05) is 78.0 Å². The molecule has 7 rings (SSSR count). The van der Waals surface area contributed by atoms with Gasteiger partial charge in [0.1, 0.15) is 36.3 Å². The third kappa shape index (κ3) is 11.6. The fraction of sp³-hybridized carbons (Fsp3) is 0.312. The number of carboxylic acid groups (broad SMARTS) is 1. The van der Waals surface area contributed by atoms with Crippen LogP contribution >= 0.6 is 0 Å². The number of halogens is 1. The molecule has 0 unspecified atom stereocenters. The zero-order valence-corrected chi connectivity index (χ0v) is 36.5. The summed E-state index contributed by atoms with van der Waals surface area (Å²) >= 11 is 0. The highest BCUT2D eigenvalue weighted by Crippen LogP contribution is 2.27. The van der Waals surface area contributed by atoms with Crippen LogP contribution in [-0.2, 0) is 40.4 Å². The van der Waals surface area contributed by atoms with Gasteiger partial charge in [0.15, 0.2) is 0 Å². The van der Waals surface area contributed by atoms with E-state index in [-0.39, 0.29) is 43.3 Å². The molecule has 0 spiro atoms. The maximum atomic E-state index is 15.4. The van der Waals surface area contributed by atoms with E-state index in [1.807, 2.05) is 60.7 Å². The second kappa shape index (κ2) is 21.9. The summed E-state index contributed by atoms with van der Waals surface area (Å²) in [5.74, 6) is -2.37. The van der Waals surface area contributed by atoms with Crippen LogP contribution in [0.1, 0.15) is 71.0 Å². The minimum Gasteiger partial charge on any atom is -0.477 e. The number of carbonyl (C=O) groups is 4. The zero-order valence-electron chi connectivity index (χ0n) is 36.5. The summed E-state index contributed by atoms with van der Waals surface area (Å²) in [4.78, 5) is 67.7. The average molecular weight is 902 g/mol. The van der Waals surface area contributed by atoms with Crippen molar-refractivity contribution in [3.63, 3.8) is 0 Å². The van der Waals surface area contributed by atoms with Gasteiger partial charge in [0.2, 0.25) is 11.3 Å². The molecular formula is C48H52FN9O8. The summed E-state index contributed by atoms with van der Waals surface area (Å²) < 4.78 is 29.6. The second-order valence-electron chi connectivity index (χ2n) is 15.9. The molecule has 4 aromatic carbocycles. The van der Waals surface area contributed by atoms with Crippen molar-refractivity contribution >= 4 is 46.3 Å². The molecule has 0 bridgehead atoms. The molecule has 3 amide bonds. The van der Waals surface area contributed by atoms with Gasteiger partial charge < -0.3 is 45.3 Å². The summed E-state index contributed by atoms with van der Waals surface area (Å²) in [5.41, 5.74) is 8.74. The number of alkyl carbamates (subject to hydrolysis) is 1. The molecule has 2 aromatic heterocycles. The van der Waals surface area contributed by atoms with Gasteiger partial charge in [-0.15, -0.1) is 5.10 Å². The van der Waals surface area contributed by atoms with E-state index in [1.54, 1.807) is 52.9 Å². The lowest BCUT2D eigenvalue weighted by Gasteiger charge is -2.35. The van der Waals surface area contributed by atoms with Crippen LogP contribution in [0.5, 0.6) is 0 Å². The molecule has 18 heteroatoms. The number of anilines is 2. The molecule has 66 heavy (non-hydrogen) atoms.